The molecule has 0 spiro atoms. The molecule has 0 saturated heterocycles. The van der Waals surface area contributed by atoms with E-state index in [1.807, 2.05) is 6.07 Å². The van der Waals surface area contributed by atoms with Crippen LogP contribution in [-0.4, -0.2) is 21.8 Å². The zero-order valence-corrected chi connectivity index (χ0v) is 12.5. The molecule has 118 valence electrons. The maximum absolute atomic E-state index is 12.2. The average Bonchev–Trinajstić information content (AvgIpc) is 3.11. The molecule has 0 saturated carbocycles. The lowest BCUT2D eigenvalue weighted by Gasteiger charge is -1.99. The van der Waals surface area contributed by atoms with Gasteiger partial charge in [0.05, 0.1) is 0 Å². The normalized spacial score (nSPS) is 10.8. The molecular formula is C19H13NO4. The topological polar surface area (TPSA) is 80.4 Å². The first-order valence-electron chi connectivity index (χ1n) is 7.19. The van der Waals surface area contributed by atoms with Crippen molar-refractivity contribution >= 4 is 17.8 Å². The molecule has 24 heavy (non-hydrogen) atoms. The van der Waals surface area contributed by atoms with E-state index < -0.39 is 5.97 Å². The van der Waals surface area contributed by atoms with Crippen molar-refractivity contribution in [2.24, 2.45) is 0 Å². The molecule has 3 aromatic rings. The lowest BCUT2D eigenvalue weighted by atomic mass is 10.1. The molecule has 1 N–H and O–H groups in total. The summed E-state index contributed by atoms with van der Waals surface area (Å²) in [7, 11) is 0. The zero-order chi connectivity index (χ0) is 16.9. The van der Waals surface area contributed by atoms with Crippen LogP contribution in [0.4, 0.5) is 0 Å². The van der Waals surface area contributed by atoms with Crippen molar-refractivity contribution in [3.8, 4) is 11.3 Å². The van der Waals surface area contributed by atoms with Crippen LogP contribution in [-0.2, 0) is 0 Å². The molecule has 1 aromatic carbocycles. The van der Waals surface area contributed by atoms with Gasteiger partial charge in [-0.2, -0.15) is 0 Å². The Labute approximate surface area is 137 Å². The quantitative estimate of drug-likeness (QED) is 0.569. The number of aromatic carboxylic acids is 1. The fourth-order valence-electron chi connectivity index (χ4n) is 2.15. The lowest BCUT2D eigenvalue weighted by molar-refractivity contribution is 0.0663. The van der Waals surface area contributed by atoms with Gasteiger partial charge in [0.15, 0.2) is 5.78 Å². The van der Waals surface area contributed by atoms with Crippen LogP contribution in [0.25, 0.3) is 17.4 Å². The van der Waals surface area contributed by atoms with Crippen molar-refractivity contribution in [2.75, 3.05) is 0 Å². The minimum Gasteiger partial charge on any atom is -0.475 e. The van der Waals surface area contributed by atoms with Crippen molar-refractivity contribution in [1.82, 2.24) is 4.98 Å². The van der Waals surface area contributed by atoms with E-state index >= 15 is 0 Å². The van der Waals surface area contributed by atoms with Crippen molar-refractivity contribution in [3.63, 3.8) is 0 Å². The van der Waals surface area contributed by atoms with Gasteiger partial charge in [0, 0.05) is 23.5 Å². The van der Waals surface area contributed by atoms with Crippen molar-refractivity contribution in [3.05, 3.63) is 83.9 Å². The van der Waals surface area contributed by atoms with Gasteiger partial charge in [-0.1, -0.05) is 30.3 Å². The van der Waals surface area contributed by atoms with E-state index in [1.165, 1.54) is 12.1 Å². The van der Waals surface area contributed by atoms with Gasteiger partial charge in [-0.15, -0.1) is 0 Å². The van der Waals surface area contributed by atoms with Gasteiger partial charge in [-0.25, -0.2) is 4.79 Å². The number of carbonyl (C=O) groups excluding carboxylic acids is 1. The highest BCUT2D eigenvalue weighted by Gasteiger charge is 2.10. The monoisotopic (exact) mass is 319 g/mol. The molecule has 0 bridgehead atoms. The van der Waals surface area contributed by atoms with Crippen LogP contribution >= 0.6 is 0 Å². The summed E-state index contributed by atoms with van der Waals surface area (Å²) in [6.07, 6.45) is 6.53. The number of carbonyl (C=O) groups is 2. The minimum absolute atomic E-state index is 0.121. The van der Waals surface area contributed by atoms with Crippen LogP contribution in [0.3, 0.4) is 0 Å². The number of aromatic nitrogens is 1. The third kappa shape index (κ3) is 3.47. The SMILES string of the molecule is O=C(/C=C/c1cccnc1)c1ccc(-c2ccc(C(=O)O)o2)cc1. The summed E-state index contributed by atoms with van der Waals surface area (Å²) >= 11 is 0. The second-order valence-corrected chi connectivity index (χ2v) is 5.03. The number of rotatable bonds is 5. The Balaban J connectivity index is 1.75. The molecule has 0 amide bonds. The van der Waals surface area contributed by atoms with Gasteiger partial charge < -0.3 is 9.52 Å². The molecule has 0 unspecified atom stereocenters. The number of ketones is 1. The van der Waals surface area contributed by atoms with E-state index in [1.54, 1.807) is 54.9 Å². The first-order valence-corrected chi connectivity index (χ1v) is 7.19. The fourth-order valence-corrected chi connectivity index (χ4v) is 2.15. The van der Waals surface area contributed by atoms with E-state index in [2.05, 4.69) is 4.98 Å². The summed E-state index contributed by atoms with van der Waals surface area (Å²) in [5, 5.41) is 8.86. The summed E-state index contributed by atoms with van der Waals surface area (Å²) < 4.78 is 5.23. The van der Waals surface area contributed by atoms with E-state index in [0.717, 1.165) is 5.56 Å². The molecule has 0 aliphatic heterocycles. The second kappa shape index (κ2) is 6.75. The molecule has 3 rings (SSSR count). The van der Waals surface area contributed by atoms with E-state index in [0.29, 0.717) is 16.9 Å². The molecule has 0 aliphatic carbocycles. The number of hydrogen-bond acceptors (Lipinski definition) is 4. The predicted octanol–water partition coefficient (Wildman–Crippen LogP) is 3.94. The Kier molecular flexibility index (Phi) is 4.34. The minimum atomic E-state index is -1.12. The Morgan fingerprint density at radius 1 is 1.04 bits per heavy atom. The Morgan fingerprint density at radius 2 is 1.83 bits per heavy atom. The Hall–Kier alpha value is -3.47. The number of pyridine rings is 1. The van der Waals surface area contributed by atoms with Crippen LogP contribution in [0, 0.1) is 0 Å². The summed E-state index contributed by atoms with van der Waals surface area (Å²) in [4.78, 5) is 27.0. The highest BCUT2D eigenvalue weighted by Crippen LogP contribution is 2.23. The summed E-state index contributed by atoms with van der Waals surface area (Å²) in [5.41, 5.74) is 2.08. The van der Waals surface area contributed by atoms with Gasteiger partial charge in [-0.3, -0.25) is 9.78 Å². The van der Waals surface area contributed by atoms with Crippen molar-refractivity contribution < 1.29 is 19.1 Å². The first-order chi connectivity index (χ1) is 11.6. The summed E-state index contributed by atoms with van der Waals surface area (Å²) in [6, 6.07) is 13.4. The second-order valence-electron chi connectivity index (χ2n) is 5.03. The van der Waals surface area contributed by atoms with Crippen LogP contribution in [0.15, 0.2) is 71.4 Å². The van der Waals surface area contributed by atoms with Gasteiger partial charge in [-0.05, 0) is 35.9 Å². The molecule has 5 heteroatoms. The molecule has 5 nitrogen and oxygen atoms in total. The highest BCUT2D eigenvalue weighted by atomic mass is 16.4. The first kappa shape index (κ1) is 15.4. The third-order valence-electron chi connectivity index (χ3n) is 3.38. The zero-order valence-electron chi connectivity index (χ0n) is 12.5. The lowest BCUT2D eigenvalue weighted by Crippen LogP contribution is -1.94. The van der Waals surface area contributed by atoms with E-state index in [-0.39, 0.29) is 11.5 Å². The summed E-state index contributed by atoms with van der Waals surface area (Å²) in [5.74, 6) is -0.925. The number of carboxylic acid groups (broad SMARTS) is 1. The Bertz CT molecular complexity index is 893. The number of furan rings is 1. The average molecular weight is 319 g/mol. The van der Waals surface area contributed by atoms with E-state index in [9.17, 15) is 9.59 Å². The van der Waals surface area contributed by atoms with Gasteiger partial charge in [0.1, 0.15) is 5.76 Å². The maximum atomic E-state index is 12.2. The van der Waals surface area contributed by atoms with Crippen LogP contribution in [0.5, 0.6) is 0 Å². The van der Waals surface area contributed by atoms with Crippen molar-refractivity contribution in [2.45, 2.75) is 0 Å². The maximum Gasteiger partial charge on any atom is 0.371 e. The molecule has 0 fully saturated rings. The number of carboxylic acids is 1. The van der Waals surface area contributed by atoms with Crippen LogP contribution in [0.2, 0.25) is 0 Å². The highest BCUT2D eigenvalue weighted by molar-refractivity contribution is 6.07. The number of hydrogen-bond donors (Lipinski definition) is 1. The van der Waals surface area contributed by atoms with E-state index in [4.69, 9.17) is 9.52 Å². The Morgan fingerprint density at radius 3 is 2.46 bits per heavy atom. The predicted molar refractivity (Wildman–Crippen MR) is 88.7 cm³/mol. The van der Waals surface area contributed by atoms with Gasteiger partial charge in [0.2, 0.25) is 5.76 Å². The molecule has 0 aliphatic rings. The van der Waals surface area contributed by atoms with Gasteiger partial charge >= 0.3 is 5.97 Å². The van der Waals surface area contributed by atoms with Crippen LogP contribution < -0.4 is 0 Å². The van der Waals surface area contributed by atoms with Crippen LogP contribution in [0.1, 0.15) is 26.5 Å². The van der Waals surface area contributed by atoms with Crippen molar-refractivity contribution in [1.29, 1.82) is 0 Å². The summed E-state index contributed by atoms with van der Waals surface area (Å²) in [6.45, 7) is 0. The number of benzene rings is 1. The van der Waals surface area contributed by atoms with Gasteiger partial charge in [0.25, 0.3) is 0 Å². The number of allylic oxidation sites excluding steroid dienone is 1. The molecule has 2 aromatic heterocycles. The number of nitrogens with zero attached hydrogens (tertiary/aromatic N) is 1. The molecule has 2 heterocycles. The smallest absolute Gasteiger partial charge is 0.371 e. The fraction of sp³-hybridized carbons (Fsp3) is 0. The molecule has 0 atom stereocenters. The molecule has 0 radical (unpaired) electrons. The third-order valence-corrected chi connectivity index (χ3v) is 3.38. The largest absolute Gasteiger partial charge is 0.475 e. The standard InChI is InChI=1S/C19H13NO4/c21-16(8-3-13-2-1-11-20-12-13)14-4-6-15(7-5-14)17-9-10-18(24-17)19(22)23/h1-12H,(H,22,23)/b8-3+. The molecular weight excluding hydrogens is 306 g/mol.